The monoisotopic (exact) mass is 245 g/mol. The van der Waals surface area contributed by atoms with Crippen molar-refractivity contribution in [2.45, 2.75) is 39.2 Å². The number of alkyl carbamates (subject to hydrolysis) is 1. The van der Waals surface area contributed by atoms with E-state index < -0.39 is 11.7 Å². The van der Waals surface area contributed by atoms with Crippen molar-refractivity contribution in [1.29, 1.82) is 0 Å². The van der Waals surface area contributed by atoms with Gasteiger partial charge < -0.3 is 19.9 Å². The quantitative estimate of drug-likeness (QED) is 0.786. The summed E-state index contributed by atoms with van der Waals surface area (Å²) in [5.41, 5.74) is -0.852. The highest BCUT2D eigenvalue weighted by molar-refractivity contribution is 5.67. The summed E-state index contributed by atoms with van der Waals surface area (Å²) >= 11 is 0. The minimum atomic E-state index is -0.500. The Morgan fingerprint density at radius 2 is 2.24 bits per heavy atom. The highest BCUT2D eigenvalue weighted by Crippen LogP contribution is 2.27. The summed E-state index contributed by atoms with van der Waals surface area (Å²) in [6.45, 7) is 7.07. The summed E-state index contributed by atoms with van der Waals surface area (Å²) in [4.78, 5) is 11.5. The summed E-state index contributed by atoms with van der Waals surface area (Å²) in [7, 11) is 0. The molecule has 5 heteroatoms. The van der Waals surface area contributed by atoms with Crippen LogP contribution in [0.3, 0.4) is 0 Å². The fourth-order valence-corrected chi connectivity index (χ4v) is 1.80. The lowest BCUT2D eigenvalue weighted by atomic mass is 9.83. The van der Waals surface area contributed by atoms with E-state index in [0.717, 1.165) is 19.4 Å². The molecule has 1 amide bonds. The molecule has 0 radical (unpaired) electrons. The molecule has 1 fully saturated rings. The van der Waals surface area contributed by atoms with Gasteiger partial charge in [0, 0.05) is 18.6 Å². The van der Waals surface area contributed by atoms with E-state index in [9.17, 15) is 9.90 Å². The number of carbonyl (C=O) groups excluding carboxylic acids is 1. The van der Waals surface area contributed by atoms with Gasteiger partial charge in [-0.3, -0.25) is 0 Å². The zero-order valence-electron chi connectivity index (χ0n) is 10.9. The predicted molar refractivity (Wildman–Crippen MR) is 63.8 cm³/mol. The third-order valence-corrected chi connectivity index (χ3v) is 2.75. The molecule has 0 saturated carbocycles. The standard InChI is InChI=1S/C12H23NO4/c1-11(2,3)17-10(15)13-7-12(8-14)5-4-6-16-9-12/h14H,4-9H2,1-3H3,(H,13,15). The van der Waals surface area contributed by atoms with Crippen LogP contribution in [-0.4, -0.2) is 43.2 Å². The van der Waals surface area contributed by atoms with Gasteiger partial charge in [0.05, 0.1) is 13.2 Å². The average Bonchev–Trinajstić information content (AvgIpc) is 2.25. The number of nitrogens with one attached hydrogen (secondary N) is 1. The van der Waals surface area contributed by atoms with Crippen LogP contribution >= 0.6 is 0 Å². The number of ether oxygens (including phenoxy) is 2. The minimum absolute atomic E-state index is 0.0167. The summed E-state index contributed by atoms with van der Waals surface area (Å²) in [6.07, 6.45) is 1.33. The topological polar surface area (TPSA) is 67.8 Å². The van der Waals surface area contributed by atoms with Crippen LogP contribution < -0.4 is 5.32 Å². The van der Waals surface area contributed by atoms with Crippen LogP contribution in [0.5, 0.6) is 0 Å². The van der Waals surface area contributed by atoms with Crippen molar-refractivity contribution in [3.05, 3.63) is 0 Å². The average molecular weight is 245 g/mol. The SMILES string of the molecule is CC(C)(C)OC(=O)NCC1(CO)CCCOC1. The Bertz CT molecular complexity index is 254. The fourth-order valence-electron chi connectivity index (χ4n) is 1.80. The normalized spacial score (nSPS) is 25.4. The van der Waals surface area contributed by atoms with Gasteiger partial charge in [0.15, 0.2) is 0 Å². The van der Waals surface area contributed by atoms with E-state index in [1.807, 2.05) is 20.8 Å². The van der Waals surface area contributed by atoms with Gasteiger partial charge in [-0.25, -0.2) is 4.79 Å². The van der Waals surface area contributed by atoms with Gasteiger partial charge in [-0.15, -0.1) is 0 Å². The predicted octanol–water partition coefficient (Wildman–Crippen LogP) is 1.30. The van der Waals surface area contributed by atoms with Crippen molar-refractivity contribution >= 4 is 6.09 Å². The van der Waals surface area contributed by atoms with Crippen LogP contribution in [0.25, 0.3) is 0 Å². The molecule has 0 aromatic heterocycles. The molecule has 2 N–H and O–H groups in total. The zero-order chi connectivity index (χ0) is 12.9. The van der Waals surface area contributed by atoms with Gasteiger partial charge in [0.1, 0.15) is 5.60 Å². The molecule has 1 aliphatic heterocycles. The van der Waals surface area contributed by atoms with Gasteiger partial charge >= 0.3 is 6.09 Å². The molecule has 0 aliphatic carbocycles. The number of rotatable bonds is 3. The molecule has 1 unspecified atom stereocenters. The molecule has 1 heterocycles. The van der Waals surface area contributed by atoms with E-state index in [1.165, 1.54) is 0 Å². The van der Waals surface area contributed by atoms with E-state index in [0.29, 0.717) is 13.2 Å². The highest BCUT2D eigenvalue weighted by Gasteiger charge is 2.33. The van der Waals surface area contributed by atoms with Crippen LogP contribution in [0.2, 0.25) is 0 Å². The smallest absolute Gasteiger partial charge is 0.407 e. The van der Waals surface area contributed by atoms with Crippen LogP contribution in [0.1, 0.15) is 33.6 Å². The molecular formula is C12H23NO4. The summed E-state index contributed by atoms with van der Waals surface area (Å²) in [5.74, 6) is 0. The van der Waals surface area contributed by atoms with Crippen molar-refractivity contribution in [1.82, 2.24) is 5.32 Å². The molecule has 1 saturated heterocycles. The maximum Gasteiger partial charge on any atom is 0.407 e. The number of hydrogen-bond acceptors (Lipinski definition) is 4. The molecule has 1 rings (SSSR count). The van der Waals surface area contributed by atoms with Crippen LogP contribution in [0.15, 0.2) is 0 Å². The van der Waals surface area contributed by atoms with E-state index in [-0.39, 0.29) is 12.0 Å². The van der Waals surface area contributed by atoms with E-state index in [1.54, 1.807) is 0 Å². The highest BCUT2D eigenvalue weighted by atomic mass is 16.6. The second-order valence-electron chi connectivity index (χ2n) is 5.67. The lowest BCUT2D eigenvalue weighted by molar-refractivity contribution is -0.0382. The molecule has 0 spiro atoms. The van der Waals surface area contributed by atoms with E-state index in [2.05, 4.69) is 5.32 Å². The lowest BCUT2D eigenvalue weighted by Gasteiger charge is -2.35. The Hall–Kier alpha value is -0.810. The molecule has 1 atom stereocenters. The molecule has 5 nitrogen and oxygen atoms in total. The first-order valence-corrected chi connectivity index (χ1v) is 6.02. The minimum Gasteiger partial charge on any atom is -0.444 e. The van der Waals surface area contributed by atoms with Crippen molar-refractivity contribution in [2.24, 2.45) is 5.41 Å². The summed E-state index contributed by atoms with van der Waals surface area (Å²) < 4.78 is 10.5. The Labute approximate surface area is 102 Å². The van der Waals surface area contributed by atoms with Crippen LogP contribution in [0.4, 0.5) is 4.79 Å². The summed E-state index contributed by atoms with van der Waals surface area (Å²) in [5, 5.41) is 12.1. The van der Waals surface area contributed by atoms with Gasteiger partial charge in [0.25, 0.3) is 0 Å². The summed E-state index contributed by atoms with van der Waals surface area (Å²) in [6, 6.07) is 0. The molecule has 0 aromatic carbocycles. The maximum absolute atomic E-state index is 11.5. The number of hydrogen-bond donors (Lipinski definition) is 2. The number of amides is 1. The maximum atomic E-state index is 11.5. The first-order valence-electron chi connectivity index (χ1n) is 6.02. The van der Waals surface area contributed by atoms with Gasteiger partial charge in [-0.05, 0) is 33.6 Å². The largest absolute Gasteiger partial charge is 0.444 e. The number of carbonyl (C=O) groups is 1. The van der Waals surface area contributed by atoms with Crippen molar-refractivity contribution in [2.75, 3.05) is 26.4 Å². The Kier molecular flexibility index (Phi) is 4.77. The number of aliphatic hydroxyl groups excluding tert-OH is 1. The van der Waals surface area contributed by atoms with E-state index in [4.69, 9.17) is 9.47 Å². The molecule has 0 aromatic rings. The third kappa shape index (κ3) is 4.91. The fraction of sp³-hybridized carbons (Fsp3) is 0.917. The second kappa shape index (κ2) is 5.69. The Morgan fingerprint density at radius 1 is 1.53 bits per heavy atom. The van der Waals surface area contributed by atoms with Gasteiger partial charge in [0.2, 0.25) is 0 Å². The molecule has 1 aliphatic rings. The molecule has 0 bridgehead atoms. The molecular weight excluding hydrogens is 222 g/mol. The number of aliphatic hydroxyl groups is 1. The van der Waals surface area contributed by atoms with Crippen LogP contribution in [0, 0.1) is 5.41 Å². The second-order valence-corrected chi connectivity index (χ2v) is 5.67. The van der Waals surface area contributed by atoms with Crippen LogP contribution in [-0.2, 0) is 9.47 Å². The van der Waals surface area contributed by atoms with Crippen molar-refractivity contribution in [3.8, 4) is 0 Å². The molecule has 100 valence electrons. The lowest BCUT2D eigenvalue weighted by Crippen LogP contribution is -2.46. The molecule has 17 heavy (non-hydrogen) atoms. The van der Waals surface area contributed by atoms with Crippen molar-refractivity contribution in [3.63, 3.8) is 0 Å². The van der Waals surface area contributed by atoms with Gasteiger partial charge in [-0.1, -0.05) is 0 Å². The van der Waals surface area contributed by atoms with Gasteiger partial charge in [-0.2, -0.15) is 0 Å². The van der Waals surface area contributed by atoms with E-state index >= 15 is 0 Å². The van der Waals surface area contributed by atoms with Crippen molar-refractivity contribution < 1.29 is 19.4 Å². The zero-order valence-corrected chi connectivity index (χ0v) is 10.9. The Balaban J connectivity index is 2.39. The first-order chi connectivity index (χ1) is 7.87. The Morgan fingerprint density at radius 3 is 2.71 bits per heavy atom. The third-order valence-electron chi connectivity index (χ3n) is 2.75. The first kappa shape index (κ1) is 14.3.